The molecule has 0 aromatic carbocycles. The van der Waals surface area contributed by atoms with Gasteiger partial charge in [0.2, 0.25) is 0 Å². The summed E-state index contributed by atoms with van der Waals surface area (Å²) in [5, 5.41) is 38.5. The maximum atomic E-state index is 12.0. The summed E-state index contributed by atoms with van der Waals surface area (Å²) in [5.41, 5.74) is -3.31. The van der Waals surface area contributed by atoms with E-state index >= 15 is 0 Å². The molecule has 0 aliphatic rings. The third kappa shape index (κ3) is 13.0. The minimum atomic E-state index is -2.02. The Bertz CT molecular complexity index is 446. The van der Waals surface area contributed by atoms with Crippen LogP contribution in [0, 0.1) is 5.92 Å². The van der Waals surface area contributed by atoms with Gasteiger partial charge in [0.1, 0.15) is 6.54 Å². The van der Waals surface area contributed by atoms with E-state index in [1.165, 1.54) is 13.8 Å². The lowest BCUT2D eigenvalue weighted by molar-refractivity contribution is -0.875. The van der Waals surface area contributed by atoms with Crippen molar-refractivity contribution in [2.45, 2.75) is 51.7 Å². The van der Waals surface area contributed by atoms with Crippen molar-refractivity contribution in [2.75, 3.05) is 27.7 Å². The first-order valence-corrected chi connectivity index (χ1v) is 7.61. The van der Waals surface area contributed by atoms with E-state index in [9.17, 15) is 29.7 Å². The highest BCUT2D eigenvalue weighted by molar-refractivity contribution is 5.91. The Morgan fingerprint density at radius 1 is 1.04 bits per heavy atom. The zero-order valence-electron chi connectivity index (χ0n) is 15.6. The van der Waals surface area contributed by atoms with Crippen LogP contribution in [0.4, 0.5) is 0 Å². The van der Waals surface area contributed by atoms with E-state index in [1.807, 2.05) is 0 Å². The lowest BCUT2D eigenvalue weighted by atomic mass is 9.86. The van der Waals surface area contributed by atoms with Crippen molar-refractivity contribution in [3.05, 3.63) is 0 Å². The lowest BCUT2D eigenvalue weighted by Gasteiger charge is -2.35. The molecule has 142 valence electrons. The first-order valence-electron chi connectivity index (χ1n) is 7.61. The van der Waals surface area contributed by atoms with E-state index in [2.05, 4.69) is 0 Å². The van der Waals surface area contributed by atoms with Gasteiger partial charge in [0, 0.05) is 18.8 Å². The molecule has 0 radical (unpaired) electrons. The average Bonchev–Trinajstić information content (AvgIpc) is 2.22. The fourth-order valence-electron chi connectivity index (χ4n) is 1.82. The standard InChI is InChI=1S/C12H23NO5.C4H8O2/c1-11(2,17)6-9(14)12(18,7-10(15)16)8-13(3,4)5;1-3(2)4(5)6/h17-18H,6-8H2,1-5H3;3H,1-2H3,(H,5,6). The fourth-order valence-corrected chi connectivity index (χ4v) is 1.82. The van der Waals surface area contributed by atoms with Crippen LogP contribution in [0.15, 0.2) is 0 Å². The number of aliphatic hydroxyl groups is 2. The van der Waals surface area contributed by atoms with Gasteiger partial charge in [0.25, 0.3) is 0 Å². The molecule has 0 spiro atoms. The second-order valence-electron chi connectivity index (χ2n) is 7.93. The van der Waals surface area contributed by atoms with E-state index in [1.54, 1.807) is 35.0 Å². The van der Waals surface area contributed by atoms with Gasteiger partial charge < -0.3 is 29.7 Å². The minimum Gasteiger partial charge on any atom is -0.550 e. The van der Waals surface area contributed by atoms with E-state index in [4.69, 9.17) is 5.11 Å². The summed E-state index contributed by atoms with van der Waals surface area (Å²) in [4.78, 5) is 32.4. The largest absolute Gasteiger partial charge is 0.550 e. The Labute approximate surface area is 143 Å². The summed E-state index contributed by atoms with van der Waals surface area (Å²) >= 11 is 0. The Balaban J connectivity index is 0. The van der Waals surface area contributed by atoms with Gasteiger partial charge in [0.15, 0.2) is 11.4 Å². The molecule has 0 aliphatic heterocycles. The van der Waals surface area contributed by atoms with Crippen LogP contribution in [0.3, 0.4) is 0 Å². The highest BCUT2D eigenvalue weighted by Gasteiger charge is 2.42. The van der Waals surface area contributed by atoms with Gasteiger partial charge in [-0.3, -0.25) is 9.59 Å². The van der Waals surface area contributed by atoms with Gasteiger partial charge in [-0.05, 0) is 13.8 Å². The quantitative estimate of drug-likeness (QED) is 0.479. The second kappa shape index (κ2) is 9.10. The van der Waals surface area contributed by atoms with Gasteiger partial charge in [-0.25, -0.2) is 0 Å². The molecule has 0 rings (SSSR count). The SMILES string of the molecule is CC(C)(O)CC(=O)C(O)(CC(=O)[O-])C[N+](C)(C)C.CC(C)C(=O)O. The Kier molecular flexibility index (Phi) is 9.38. The normalized spacial score (nSPS) is 14.4. The maximum Gasteiger partial charge on any atom is 0.305 e. The monoisotopic (exact) mass is 349 g/mol. The number of aliphatic carboxylic acids is 2. The topological polar surface area (TPSA) is 135 Å². The van der Waals surface area contributed by atoms with Crippen LogP contribution in [-0.2, 0) is 14.4 Å². The number of Topliss-reactive ketones (excluding diaryl/α,β-unsaturated/α-hetero) is 1. The average molecular weight is 349 g/mol. The summed E-state index contributed by atoms with van der Waals surface area (Å²) in [6.07, 6.45) is -1.08. The van der Waals surface area contributed by atoms with Crippen LogP contribution in [-0.4, -0.2) is 76.4 Å². The Morgan fingerprint density at radius 3 is 1.62 bits per heavy atom. The number of hydrogen-bond donors (Lipinski definition) is 3. The van der Waals surface area contributed by atoms with Crippen LogP contribution in [0.2, 0.25) is 0 Å². The van der Waals surface area contributed by atoms with Crippen LogP contribution >= 0.6 is 0 Å². The number of rotatable bonds is 8. The molecule has 0 amide bonds. The highest BCUT2D eigenvalue weighted by atomic mass is 16.4. The molecule has 0 fully saturated rings. The maximum absolute atomic E-state index is 12.0. The number of carbonyl (C=O) groups excluding carboxylic acids is 2. The van der Waals surface area contributed by atoms with E-state index < -0.39 is 35.3 Å². The smallest absolute Gasteiger partial charge is 0.305 e. The predicted molar refractivity (Wildman–Crippen MR) is 85.9 cm³/mol. The number of likely N-dealkylation sites (N-methyl/N-ethyl adjacent to an activating group) is 1. The van der Waals surface area contributed by atoms with Crippen LogP contribution in [0.1, 0.15) is 40.5 Å². The van der Waals surface area contributed by atoms with E-state index in [-0.39, 0.29) is 23.4 Å². The molecule has 1 atom stereocenters. The number of nitrogens with zero attached hydrogens (tertiary/aromatic N) is 1. The number of carboxylic acids is 2. The molecule has 0 saturated carbocycles. The van der Waals surface area contributed by atoms with Crippen molar-refractivity contribution < 1.29 is 39.3 Å². The summed E-state index contributed by atoms with van der Waals surface area (Å²) in [6.45, 7) is 6.08. The molecule has 0 aliphatic carbocycles. The van der Waals surface area contributed by atoms with Crippen LogP contribution in [0.25, 0.3) is 0 Å². The van der Waals surface area contributed by atoms with E-state index in [0.29, 0.717) is 0 Å². The van der Waals surface area contributed by atoms with Gasteiger partial charge in [-0.2, -0.15) is 0 Å². The summed E-state index contributed by atoms with van der Waals surface area (Å²) < 4.78 is 0.224. The van der Waals surface area contributed by atoms with Crippen molar-refractivity contribution >= 4 is 17.7 Å². The molecule has 0 bridgehead atoms. The Morgan fingerprint density at radius 2 is 1.42 bits per heavy atom. The zero-order valence-corrected chi connectivity index (χ0v) is 15.6. The van der Waals surface area contributed by atoms with Crippen molar-refractivity contribution in [2.24, 2.45) is 5.92 Å². The molecule has 0 heterocycles. The van der Waals surface area contributed by atoms with Gasteiger partial charge in [0.05, 0.1) is 32.7 Å². The summed E-state index contributed by atoms with van der Waals surface area (Å²) in [5.74, 6) is -3.15. The van der Waals surface area contributed by atoms with Crippen molar-refractivity contribution in [1.29, 1.82) is 0 Å². The van der Waals surface area contributed by atoms with Gasteiger partial charge in [-0.1, -0.05) is 13.8 Å². The molecular weight excluding hydrogens is 318 g/mol. The first kappa shape index (κ1) is 24.7. The minimum absolute atomic E-state index is 0.0596. The van der Waals surface area contributed by atoms with Gasteiger partial charge in [-0.15, -0.1) is 0 Å². The van der Waals surface area contributed by atoms with Crippen molar-refractivity contribution in [3.8, 4) is 0 Å². The highest BCUT2D eigenvalue weighted by Crippen LogP contribution is 2.21. The predicted octanol–water partition coefficient (Wildman–Crippen LogP) is -0.979. The third-order valence-electron chi connectivity index (χ3n) is 2.78. The van der Waals surface area contributed by atoms with Gasteiger partial charge >= 0.3 is 5.97 Å². The zero-order chi connectivity index (χ0) is 19.9. The fraction of sp³-hybridized carbons (Fsp3) is 0.812. The molecule has 0 aromatic heterocycles. The molecule has 8 heteroatoms. The number of ketones is 1. The molecular formula is C16H31NO7. The third-order valence-corrected chi connectivity index (χ3v) is 2.78. The molecule has 8 nitrogen and oxygen atoms in total. The van der Waals surface area contributed by atoms with E-state index in [0.717, 1.165) is 0 Å². The number of hydrogen-bond acceptors (Lipinski definition) is 6. The molecule has 0 saturated heterocycles. The second-order valence-corrected chi connectivity index (χ2v) is 7.93. The van der Waals surface area contributed by atoms with Crippen molar-refractivity contribution in [1.82, 2.24) is 0 Å². The summed E-state index contributed by atoms with van der Waals surface area (Å²) in [7, 11) is 5.20. The Hall–Kier alpha value is -1.51. The molecule has 3 N–H and O–H groups in total. The lowest BCUT2D eigenvalue weighted by Crippen LogP contribution is -2.57. The summed E-state index contributed by atoms with van der Waals surface area (Å²) in [6, 6.07) is 0. The van der Waals surface area contributed by atoms with Crippen LogP contribution < -0.4 is 5.11 Å². The number of carbonyl (C=O) groups is 3. The molecule has 1 unspecified atom stereocenters. The number of carboxylic acid groups (broad SMARTS) is 2. The first-order chi connectivity index (χ1) is 10.4. The van der Waals surface area contributed by atoms with Crippen molar-refractivity contribution in [3.63, 3.8) is 0 Å². The molecule has 0 aromatic rings. The molecule has 24 heavy (non-hydrogen) atoms. The number of quaternary nitrogens is 1. The van der Waals surface area contributed by atoms with Crippen LogP contribution in [0.5, 0.6) is 0 Å².